The fourth-order valence-electron chi connectivity index (χ4n) is 2.12. The van der Waals surface area contributed by atoms with Crippen LogP contribution < -0.4 is 5.73 Å². The van der Waals surface area contributed by atoms with E-state index in [0.717, 1.165) is 10.6 Å². The van der Waals surface area contributed by atoms with Crippen molar-refractivity contribution in [3.63, 3.8) is 0 Å². The number of carbonyl (C=O) groups is 2. The third kappa shape index (κ3) is 2.66. The van der Waals surface area contributed by atoms with Crippen LogP contribution in [-0.4, -0.2) is 27.2 Å². The maximum Gasteiger partial charge on any atom is 0.248 e. The molecule has 0 radical (unpaired) electrons. The highest BCUT2D eigenvalue weighted by Gasteiger charge is 2.15. The average Bonchev–Trinajstić information content (AvgIpc) is 3.17. The van der Waals surface area contributed by atoms with Gasteiger partial charge < -0.3 is 5.73 Å². The molecule has 3 aromatic rings. The molecule has 0 fully saturated rings. The quantitative estimate of drug-likeness (QED) is 0.728. The maximum atomic E-state index is 11.2. The number of amides is 1. The molecule has 0 aliphatic heterocycles. The second kappa shape index (κ2) is 5.90. The monoisotopic (exact) mass is 312 g/mol. The minimum atomic E-state index is -0.488. The summed E-state index contributed by atoms with van der Waals surface area (Å²) in [6.07, 6.45) is 1.26. The van der Waals surface area contributed by atoms with Crippen molar-refractivity contribution in [2.75, 3.05) is 0 Å². The normalized spacial score (nSPS) is 10.5. The minimum Gasteiger partial charge on any atom is -0.366 e. The van der Waals surface area contributed by atoms with E-state index in [2.05, 4.69) is 10.3 Å². The number of hydrogen-bond acceptors (Lipinski definition) is 5. The Balaban J connectivity index is 2.01. The Morgan fingerprint density at radius 3 is 2.64 bits per heavy atom. The molecule has 0 bridgehead atoms. The van der Waals surface area contributed by atoms with Crippen molar-refractivity contribution in [2.45, 2.75) is 6.42 Å². The highest BCUT2D eigenvalue weighted by molar-refractivity contribution is 7.09. The number of nitrogens with zero attached hydrogens (tertiary/aromatic N) is 3. The highest BCUT2D eigenvalue weighted by atomic mass is 32.1. The number of rotatable bonds is 5. The van der Waals surface area contributed by atoms with Gasteiger partial charge in [0.1, 0.15) is 5.69 Å². The fourth-order valence-corrected chi connectivity index (χ4v) is 2.83. The van der Waals surface area contributed by atoms with Gasteiger partial charge in [-0.05, 0) is 35.7 Å². The van der Waals surface area contributed by atoms with E-state index in [1.165, 1.54) is 0 Å². The van der Waals surface area contributed by atoms with E-state index in [4.69, 9.17) is 5.73 Å². The molecule has 2 aromatic heterocycles. The van der Waals surface area contributed by atoms with Gasteiger partial charge in [0.05, 0.1) is 11.4 Å². The van der Waals surface area contributed by atoms with E-state index in [1.807, 2.05) is 17.5 Å². The van der Waals surface area contributed by atoms with Gasteiger partial charge in [0.25, 0.3) is 0 Å². The number of hydrogen-bond donors (Lipinski definition) is 1. The maximum absolute atomic E-state index is 11.2. The minimum absolute atomic E-state index is 0.312. The second-order valence-electron chi connectivity index (χ2n) is 4.62. The Bertz CT molecular complexity index is 807. The van der Waals surface area contributed by atoms with Gasteiger partial charge in [0, 0.05) is 16.9 Å². The molecule has 22 heavy (non-hydrogen) atoms. The first-order valence-electron chi connectivity index (χ1n) is 6.51. The molecule has 2 heterocycles. The predicted octanol–water partition coefficient (Wildman–Crippen LogP) is 1.83. The SMILES string of the molecule is NC(=O)c1ccc(-n2nnc(C=O)c2Cc2cccs2)cc1. The molecule has 6 nitrogen and oxygen atoms in total. The first kappa shape index (κ1) is 14.2. The predicted molar refractivity (Wildman–Crippen MR) is 82.4 cm³/mol. The van der Waals surface area contributed by atoms with Crippen LogP contribution in [0, 0.1) is 0 Å². The third-order valence-electron chi connectivity index (χ3n) is 3.22. The highest BCUT2D eigenvalue weighted by Crippen LogP contribution is 2.19. The Kier molecular flexibility index (Phi) is 3.80. The van der Waals surface area contributed by atoms with Crippen molar-refractivity contribution in [2.24, 2.45) is 5.73 Å². The van der Waals surface area contributed by atoms with Crippen molar-refractivity contribution in [1.82, 2.24) is 15.0 Å². The lowest BCUT2D eigenvalue weighted by Crippen LogP contribution is -2.11. The smallest absolute Gasteiger partial charge is 0.248 e. The van der Waals surface area contributed by atoms with Crippen LogP contribution in [0.3, 0.4) is 0 Å². The van der Waals surface area contributed by atoms with Crippen LogP contribution in [0.4, 0.5) is 0 Å². The van der Waals surface area contributed by atoms with Crippen LogP contribution in [0.15, 0.2) is 41.8 Å². The molecule has 0 saturated carbocycles. The lowest BCUT2D eigenvalue weighted by molar-refractivity contribution is 0.1000. The molecule has 0 unspecified atom stereocenters. The van der Waals surface area contributed by atoms with Crippen LogP contribution in [0.25, 0.3) is 5.69 Å². The molecule has 3 rings (SSSR count). The average molecular weight is 312 g/mol. The molecule has 0 aliphatic rings. The third-order valence-corrected chi connectivity index (χ3v) is 4.10. The van der Waals surface area contributed by atoms with Crippen molar-refractivity contribution in [3.8, 4) is 5.69 Å². The van der Waals surface area contributed by atoms with Crippen LogP contribution in [0.1, 0.15) is 31.4 Å². The summed E-state index contributed by atoms with van der Waals surface area (Å²) in [5.74, 6) is -0.488. The summed E-state index contributed by atoms with van der Waals surface area (Å²) < 4.78 is 1.61. The van der Waals surface area contributed by atoms with E-state index in [1.54, 1.807) is 40.3 Å². The van der Waals surface area contributed by atoms with Crippen molar-refractivity contribution in [3.05, 3.63) is 63.6 Å². The summed E-state index contributed by atoms with van der Waals surface area (Å²) in [4.78, 5) is 23.4. The molecule has 0 spiro atoms. The standard InChI is InChI=1S/C15H12N4O2S/c16-15(21)10-3-5-11(6-4-10)19-14(13(9-20)17-18-19)8-12-2-1-7-22-12/h1-7,9H,8H2,(H2,16,21). The number of thiophene rings is 1. The molecule has 0 atom stereocenters. The van der Waals surface area contributed by atoms with E-state index in [-0.39, 0.29) is 0 Å². The molecular weight excluding hydrogens is 300 g/mol. The van der Waals surface area contributed by atoms with E-state index in [9.17, 15) is 9.59 Å². The van der Waals surface area contributed by atoms with Crippen LogP contribution in [-0.2, 0) is 6.42 Å². The Labute approximate surface area is 130 Å². The van der Waals surface area contributed by atoms with Crippen molar-refractivity contribution >= 4 is 23.5 Å². The second-order valence-corrected chi connectivity index (χ2v) is 5.65. The molecule has 0 saturated heterocycles. The first-order valence-corrected chi connectivity index (χ1v) is 7.39. The zero-order valence-electron chi connectivity index (χ0n) is 11.5. The van der Waals surface area contributed by atoms with Gasteiger partial charge in [0.2, 0.25) is 5.91 Å². The summed E-state index contributed by atoms with van der Waals surface area (Å²) in [6.45, 7) is 0. The van der Waals surface area contributed by atoms with Crippen LogP contribution in [0.5, 0.6) is 0 Å². The zero-order valence-corrected chi connectivity index (χ0v) is 12.3. The van der Waals surface area contributed by atoms with E-state index >= 15 is 0 Å². The Hall–Kier alpha value is -2.80. The molecule has 110 valence electrons. The molecule has 1 amide bonds. The topological polar surface area (TPSA) is 90.9 Å². The number of carbonyl (C=O) groups excluding carboxylic acids is 2. The molecule has 0 aliphatic carbocycles. The number of primary amides is 1. The molecule has 7 heteroatoms. The van der Waals surface area contributed by atoms with Crippen LogP contribution >= 0.6 is 11.3 Å². The van der Waals surface area contributed by atoms with Gasteiger partial charge in [-0.15, -0.1) is 16.4 Å². The summed E-state index contributed by atoms with van der Waals surface area (Å²) >= 11 is 1.60. The lowest BCUT2D eigenvalue weighted by Gasteiger charge is -2.06. The summed E-state index contributed by atoms with van der Waals surface area (Å²) in [5, 5.41) is 9.92. The Morgan fingerprint density at radius 2 is 2.05 bits per heavy atom. The summed E-state index contributed by atoms with van der Waals surface area (Å²) in [5.41, 5.74) is 7.39. The van der Waals surface area contributed by atoms with Gasteiger partial charge in [0.15, 0.2) is 6.29 Å². The van der Waals surface area contributed by atoms with Crippen LogP contribution in [0.2, 0.25) is 0 Å². The molecule has 2 N–H and O–H groups in total. The van der Waals surface area contributed by atoms with E-state index < -0.39 is 5.91 Å². The molecular formula is C15H12N4O2S. The van der Waals surface area contributed by atoms with Gasteiger partial charge in [-0.3, -0.25) is 9.59 Å². The van der Waals surface area contributed by atoms with Gasteiger partial charge >= 0.3 is 0 Å². The number of aromatic nitrogens is 3. The molecule has 1 aromatic carbocycles. The van der Waals surface area contributed by atoms with Gasteiger partial charge in [-0.1, -0.05) is 11.3 Å². The summed E-state index contributed by atoms with van der Waals surface area (Å²) in [7, 11) is 0. The van der Waals surface area contributed by atoms with Gasteiger partial charge in [-0.25, -0.2) is 4.68 Å². The van der Waals surface area contributed by atoms with Crippen molar-refractivity contribution in [1.29, 1.82) is 0 Å². The lowest BCUT2D eigenvalue weighted by atomic mass is 10.2. The Morgan fingerprint density at radius 1 is 1.27 bits per heavy atom. The van der Waals surface area contributed by atoms with Gasteiger partial charge in [-0.2, -0.15) is 0 Å². The van der Waals surface area contributed by atoms with E-state index in [0.29, 0.717) is 29.7 Å². The largest absolute Gasteiger partial charge is 0.366 e. The number of nitrogens with two attached hydrogens (primary N) is 1. The fraction of sp³-hybridized carbons (Fsp3) is 0.0667. The zero-order chi connectivity index (χ0) is 15.5. The summed E-state index contributed by atoms with van der Waals surface area (Å²) in [6, 6.07) is 10.6. The first-order chi connectivity index (χ1) is 10.7. The van der Waals surface area contributed by atoms with Crippen molar-refractivity contribution < 1.29 is 9.59 Å². The number of benzene rings is 1. The number of aldehydes is 1.